The van der Waals surface area contributed by atoms with E-state index in [4.69, 9.17) is 14.6 Å². The van der Waals surface area contributed by atoms with Gasteiger partial charge in [-0.1, -0.05) is 0 Å². The van der Waals surface area contributed by atoms with Crippen molar-refractivity contribution < 1.29 is 24.2 Å². The molecule has 1 aliphatic heterocycles. The lowest BCUT2D eigenvalue weighted by Gasteiger charge is -2.23. The molecule has 0 saturated carbocycles. The molecule has 0 spiro atoms. The van der Waals surface area contributed by atoms with E-state index in [2.05, 4.69) is 5.32 Å². The third-order valence-corrected chi connectivity index (χ3v) is 3.89. The average Bonchev–Trinajstić information content (AvgIpc) is 2.45. The van der Waals surface area contributed by atoms with Crippen LogP contribution in [0.5, 0.6) is 0 Å². The summed E-state index contributed by atoms with van der Waals surface area (Å²) in [6.07, 6.45) is 2.82. The van der Waals surface area contributed by atoms with E-state index in [0.29, 0.717) is 18.9 Å². The minimum atomic E-state index is -0.842. The first-order valence-electron chi connectivity index (χ1n) is 6.90. The lowest BCUT2D eigenvalue weighted by Crippen LogP contribution is -2.37. The number of amides is 1. The Morgan fingerprint density at radius 1 is 1.50 bits per heavy atom. The Bertz CT molecular complexity index is 307. The van der Waals surface area contributed by atoms with Crippen LogP contribution in [-0.2, 0) is 19.1 Å². The second kappa shape index (κ2) is 10.0. The highest BCUT2D eigenvalue weighted by Gasteiger charge is 2.18. The topological polar surface area (TPSA) is 84.9 Å². The number of rotatable bonds is 9. The summed E-state index contributed by atoms with van der Waals surface area (Å²) in [7, 11) is 0. The molecule has 2 unspecified atom stereocenters. The standard InChI is InChI=1S/C13H23NO5S/c1-10(19-8-11-4-2-3-6-18-11)13(17)14-5-7-20-9-12(15)16/h10-11H,2-9H2,1H3,(H,14,17)(H,15,16). The third kappa shape index (κ3) is 7.72. The minimum Gasteiger partial charge on any atom is -0.481 e. The Labute approximate surface area is 123 Å². The van der Waals surface area contributed by atoms with E-state index in [1.165, 1.54) is 11.8 Å². The smallest absolute Gasteiger partial charge is 0.313 e. The molecule has 1 rings (SSSR count). The number of aliphatic carboxylic acids is 1. The second-order valence-electron chi connectivity index (χ2n) is 4.70. The SMILES string of the molecule is CC(OCC1CCCCO1)C(=O)NCCSCC(=O)O. The molecule has 0 aliphatic carbocycles. The first kappa shape index (κ1) is 17.3. The van der Waals surface area contributed by atoms with Crippen LogP contribution in [-0.4, -0.2) is 60.5 Å². The van der Waals surface area contributed by atoms with Crippen LogP contribution in [0.4, 0.5) is 0 Å². The maximum atomic E-state index is 11.7. The maximum Gasteiger partial charge on any atom is 0.313 e. The fraction of sp³-hybridized carbons (Fsp3) is 0.846. The molecule has 6 nitrogen and oxygen atoms in total. The summed E-state index contributed by atoms with van der Waals surface area (Å²) in [5, 5.41) is 11.2. The number of carboxylic acids is 1. The quantitative estimate of drug-likeness (QED) is 0.616. The molecule has 0 aromatic rings. The normalized spacial score (nSPS) is 20.4. The van der Waals surface area contributed by atoms with Crippen molar-refractivity contribution in [1.29, 1.82) is 0 Å². The zero-order valence-electron chi connectivity index (χ0n) is 11.8. The van der Waals surface area contributed by atoms with Crippen LogP contribution < -0.4 is 5.32 Å². The van der Waals surface area contributed by atoms with Crippen molar-refractivity contribution in [3.8, 4) is 0 Å². The van der Waals surface area contributed by atoms with Crippen molar-refractivity contribution in [3.63, 3.8) is 0 Å². The lowest BCUT2D eigenvalue weighted by molar-refractivity contribution is -0.135. The van der Waals surface area contributed by atoms with Crippen molar-refractivity contribution in [2.75, 3.05) is 31.3 Å². The Kier molecular flexibility index (Phi) is 8.64. The summed E-state index contributed by atoms with van der Waals surface area (Å²) in [4.78, 5) is 22.0. The molecular formula is C13H23NO5S. The molecule has 20 heavy (non-hydrogen) atoms. The van der Waals surface area contributed by atoms with Crippen LogP contribution in [0.25, 0.3) is 0 Å². The highest BCUT2D eigenvalue weighted by atomic mass is 32.2. The molecule has 116 valence electrons. The number of carbonyl (C=O) groups excluding carboxylic acids is 1. The highest BCUT2D eigenvalue weighted by molar-refractivity contribution is 7.99. The number of carboxylic acid groups (broad SMARTS) is 1. The zero-order valence-corrected chi connectivity index (χ0v) is 12.6. The first-order valence-corrected chi connectivity index (χ1v) is 8.05. The maximum absolute atomic E-state index is 11.7. The summed E-state index contributed by atoms with van der Waals surface area (Å²) < 4.78 is 11.0. The summed E-state index contributed by atoms with van der Waals surface area (Å²) >= 11 is 1.28. The van der Waals surface area contributed by atoms with Crippen molar-refractivity contribution in [1.82, 2.24) is 5.32 Å². The van der Waals surface area contributed by atoms with Gasteiger partial charge in [-0.15, -0.1) is 11.8 Å². The van der Waals surface area contributed by atoms with E-state index in [-0.39, 0.29) is 17.8 Å². The van der Waals surface area contributed by atoms with E-state index in [0.717, 1.165) is 25.9 Å². The van der Waals surface area contributed by atoms with Gasteiger partial charge in [0.05, 0.1) is 18.5 Å². The lowest BCUT2D eigenvalue weighted by atomic mass is 10.1. The number of carbonyl (C=O) groups is 2. The second-order valence-corrected chi connectivity index (χ2v) is 5.81. The molecule has 0 aromatic carbocycles. The van der Waals surface area contributed by atoms with Gasteiger partial charge in [0.2, 0.25) is 5.91 Å². The summed E-state index contributed by atoms with van der Waals surface area (Å²) in [5.41, 5.74) is 0. The van der Waals surface area contributed by atoms with Gasteiger partial charge < -0.3 is 19.9 Å². The number of thioether (sulfide) groups is 1. The van der Waals surface area contributed by atoms with E-state index >= 15 is 0 Å². The number of nitrogens with one attached hydrogen (secondary N) is 1. The van der Waals surface area contributed by atoms with Crippen LogP contribution in [0.3, 0.4) is 0 Å². The van der Waals surface area contributed by atoms with Gasteiger partial charge in [0.25, 0.3) is 0 Å². The minimum absolute atomic E-state index is 0.0565. The van der Waals surface area contributed by atoms with E-state index < -0.39 is 12.1 Å². The molecule has 0 bridgehead atoms. The van der Waals surface area contributed by atoms with Gasteiger partial charge in [0, 0.05) is 18.9 Å². The van der Waals surface area contributed by atoms with Crippen LogP contribution in [0, 0.1) is 0 Å². The highest BCUT2D eigenvalue weighted by Crippen LogP contribution is 2.13. The van der Waals surface area contributed by atoms with Crippen molar-refractivity contribution in [2.45, 2.75) is 38.4 Å². The van der Waals surface area contributed by atoms with Crippen LogP contribution in [0.2, 0.25) is 0 Å². The Morgan fingerprint density at radius 3 is 2.95 bits per heavy atom. The molecule has 0 radical (unpaired) electrons. The monoisotopic (exact) mass is 305 g/mol. The molecule has 1 heterocycles. The Balaban J connectivity index is 2.04. The molecule has 1 amide bonds. The van der Waals surface area contributed by atoms with E-state index in [9.17, 15) is 9.59 Å². The van der Waals surface area contributed by atoms with Gasteiger partial charge in [-0.3, -0.25) is 9.59 Å². The van der Waals surface area contributed by atoms with Gasteiger partial charge in [-0.25, -0.2) is 0 Å². The van der Waals surface area contributed by atoms with Crippen LogP contribution >= 0.6 is 11.8 Å². The fourth-order valence-corrected chi connectivity index (χ4v) is 2.38. The van der Waals surface area contributed by atoms with E-state index in [1.54, 1.807) is 6.92 Å². The van der Waals surface area contributed by atoms with Crippen LogP contribution in [0.1, 0.15) is 26.2 Å². The van der Waals surface area contributed by atoms with Crippen LogP contribution in [0.15, 0.2) is 0 Å². The number of hydrogen-bond acceptors (Lipinski definition) is 5. The first-order chi connectivity index (χ1) is 9.59. The van der Waals surface area contributed by atoms with Crippen molar-refractivity contribution >= 4 is 23.6 Å². The molecule has 2 N–H and O–H groups in total. The largest absolute Gasteiger partial charge is 0.481 e. The predicted molar refractivity (Wildman–Crippen MR) is 77.0 cm³/mol. The van der Waals surface area contributed by atoms with E-state index in [1.807, 2.05) is 0 Å². The molecule has 0 aromatic heterocycles. The molecule has 1 aliphatic rings. The van der Waals surface area contributed by atoms with Gasteiger partial charge >= 0.3 is 5.97 Å². The number of ether oxygens (including phenoxy) is 2. The van der Waals surface area contributed by atoms with Gasteiger partial charge in [-0.05, 0) is 26.2 Å². The van der Waals surface area contributed by atoms with Gasteiger partial charge in [0.15, 0.2) is 0 Å². The predicted octanol–water partition coefficient (Wildman–Crippen LogP) is 0.895. The fourth-order valence-electron chi connectivity index (χ4n) is 1.82. The summed E-state index contributed by atoms with van der Waals surface area (Å²) in [6.45, 7) is 3.38. The summed E-state index contributed by atoms with van der Waals surface area (Å²) in [5.74, 6) is -0.375. The molecule has 1 saturated heterocycles. The number of hydrogen-bond donors (Lipinski definition) is 2. The van der Waals surface area contributed by atoms with Gasteiger partial charge in [-0.2, -0.15) is 0 Å². The zero-order chi connectivity index (χ0) is 14.8. The molecule has 2 atom stereocenters. The van der Waals surface area contributed by atoms with Gasteiger partial charge in [0.1, 0.15) is 6.10 Å². The van der Waals surface area contributed by atoms with Crippen molar-refractivity contribution in [2.24, 2.45) is 0 Å². The summed E-state index contributed by atoms with van der Waals surface area (Å²) in [6, 6.07) is 0. The molecular weight excluding hydrogens is 282 g/mol. The molecule has 1 fully saturated rings. The average molecular weight is 305 g/mol. The van der Waals surface area contributed by atoms with Crippen molar-refractivity contribution in [3.05, 3.63) is 0 Å². The molecule has 7 heteroatoms. The Morgan fingerprint density at radius 2 is 2.30 bits per heavy atom. The third-order valence-electron chi connectivity index (χ3n) is 2.95. The Hall–Kier alpha value is -0.790.